The van der Waals surface area contributed by atoms with E-state index in [0.717, 1.165) is 12.1 Å². The highest BCUT2D eigenvalue weighted by atomic mass is 32.2. The van der Waals surface area contributed by atoms with Gasteiger partial charge in [-0.1, -0.05) is 42.5 Å². The molecule has 3 rings (SSSR count). The number of allylic oxidation sites excluding steroid dienone is 2. The van der Waals surface area contributed by atoms with Crippen molar-refractivity contribution in [2.24, 2.45) is 0 Å². The molecule has 0 amide bonds. The van der Waals surface area contributed by atoms with E-state index in [9.17, 15) is 18.5 Å². The molecule has 1 aliphatic heterocycles. The summed E-state index contributed by atoms with van der Waals surface area (Å²) < 4.78 is 31.9. The van der Waals surface area contributed by atoms with Gasteiger partial charge in [0, 0.05) is 18.1 Å². The number of nitrogens with zero attached hydrogens (tertiary/aromatic N) is 1. The molecule has 7 heteroatoms. The van der Waals surface area contributed by atoms with Crippen molar-refractivity contribution in [2.75, 3.05) is 0 Å². The SMILES string of the molecule is C=C(C)CC1=C(c2ccccc2)Oc2cc([N+](=O)[O-])ccc2S1(=O)=O. The molecule has 2 aromatic carbocycles. The van der Waals surface area contributed by atoms with E-state index in [1.807, 2.05) is 0 Å². The minimum absolute atomic E-state index is 0.0430. The Morgan fingerprint density at radius 2 is 1.88 bits per heavy atom. The van der Waals surface area contributed by atoms with Gasteiger partial charge in [-0.15, -0.1) is 0 Å². The number of sulfone groups is 1. The van der Waals surface area contributed by atoms with Crippen molar-refractivity contribution in [2.45, 2.75) is 18.2 Å². The zero-order valence-corrected chi connectivity index (χ0v) is 14.2. The Bertz CT molecular complexity index is 1010. The number of hydrogen-bond acceptors (Lipinski definition) is 5. The molecule has 0 bridgehead atoms. The Balaban J connectivity index is 2.26. The van der Waals surface area contributed by atoms with Crippen molar-refractivity contribution in [3.05, 3.63) is 81.3 Å². The molecular weight excluding hydrogens is 342 g/mol. The van der Waals surface area contributed by atoms with Gasteiger partial charge in [0.25, 0.3) is 5.69 Å². The maximum absolute atomic E-state index is 13.1. The number of benzene rings is 2. The van der Waals surface area contributed by atoms with Gasteiger partial charge in [-0.3, -0.25) is 10.1 Å². The molecule has 1 heterocycles. The first kappa shape index (κ1) is 16.9. The lowest BCUT2D eigenvalue weighted by Gasteiger charge is -2.23. The van der Waals surface area contributed by atoms with Crippen molar-refractivity contribution in [3.63, 3.8) is 0 Å². The van der Waals surface area contributed by atoms with Crippen LogP contribution in [0.5, 0.6) is 5.75 Å². The van der Waals surface area contributed by atoms with Crippen LogP contribution >= 0.6 is 0 Å². The molecule has 1 aliphatic rings. The summed E-state index contributed by atoms with van der Waals surface area (Å²) in [6.07, 6.45) is 0.128. The summed E-state index contributed by atoms with van der Waals surface area (Å²) in [5.74, 6) is 0.134. The molecule has 0 saturated heterocycles. The molecule has 0 radical (unpaired) electrons. The number of ether oxygens (including phenoxy) is 1. The van der Waals surface area contributed by atoms with Crippen molar-refractivity contribution >= 4 is 21.3 Å². The summed E-state index contributed by atoms with van der Waals surface area (Å²) in [5.41, 5.74) is 1.02. The van der Waals surface area contributed by atoms with Gasteiger partial charge in [0.15, 0.2) is 5.75 Å². The van der Waals surface area contributed by atoms with Gasteiger partial charge in [-0.2, -0.15) is 0 Å². The number of nitro groups is 1. The van der Waals surface area contributed by atoms with Crippen LogP contribution in [0.1, 0.15) is 18.9 Å². The van der Waals surface area contributed by atoms with Crippen LogP contribution in [0.4, 0.5) is 5.69 Å². The van der Waals surface area contributed by atoms with Gasteiger partial charge in [0.05, 0.1) is 15.9 Å². The van der Waals surface area contributed by atoms with Crippen LogP contribution in [0.25, 0.3) is 5.76 Å². The van der Waals surface area contributed by atoms with Crippen LogP contribution in [0.3, 0.4) is 0 Å². The second-order valence-electron chi connectivity index (χ2n) is 5.75. The fourth-order valence-corrected chi connectivity index (χ4v) is 4.31. The molecule has 128 valence electrons. The maximum atomic E-state index is 13.1. The minimum Gasteiger partial charge on any atom is -0.454 e. The average Bonchev–Trinajstić information content (AvgIpc) is 2.57. The monoisotopic (exact) mass is 357 g/mol. The van der Waals surface area contributed by atoms with Gasteiger partial charge in [0.2, 0.25) is 9.84 Å². The molecule has 2 aromatic rings. The molecule has 0 saturated carbocycles. The Hall–Kier alpha value is -2.93. The van der Waals surface area contributed by atoms with E-state index in [0.29, 0.717) is 11.1 Å². The quantitative estimate of drug-likeness (QED) is 0.467. The first-order valence-electron chi connectivity index (χ1n) is 7.45. The fraction of sp³-hybridized carbons (Fsp3) is 0.111. The van der Waals surface area contributed by atoms with Crippen LogP contribution in [-0.4, -0.2) is 13.3 Å². The molecule has 0 aliphatic carbocycles. The van der Waals surface area contributed by atoms with E-state index in [1.165, 1.54) is 6.07 Å². The first-order chi connectivity index (χ1) is 11.8. The molecular formula is C18H15NO5S. The molecule has 0 unspecified atom stereocenters. The highest BCUT2D eigenvalue weighted by molar-refractivity contribution is 7.95. The van der Waals surface area contributed by atoms with Crippen molar-refractivity contribution in [1.82, 2.24) is 0 Å². The number of non-ortho nitro benzene ring substituents is 1. The zero-order chi connectivity index (χ0) is 18.2. The highest BCUT2D eigenvalue weighted by Crippen LogP contribution is 2.43. The van der Waals surface area contributed by atoms with Crippen LogP contribution < -0.4 is 4.74 Å². The second kappa shape index (κ2) is 6.18. The van der Waals surface area contributed by atoms with Crippen molar-refractivity contribution in [1.29, 1.82) is 0 Å². The number of rotatable bonds is 4. The fourth-order valence-electron chi connectivity index (χ4n) is 2.59. The van der Waals surface area contributed by atoms with E-state index < -0.39 is 14.8 Å². The van der Waals surface area contributed by atoms with Gasteiger partial charge in [-0.05, 0) is 13.0 Å². The highest BCUT2D eigenvalue weighted by Gasteiger charge is 2.35. The Morgan fingerprint density at radius 1 is 1.20 bits per heavy atom. The Kier molecular flexibility index (Phi) is 4.18. The maximum Gasteiger partial charge on any atom is 0.273 e. The molecule has 0 spiro atoms. The molecule has 0 aromatic heterocycles. The third kappa shape index (κ3) is 3.06. The number of fused-ring (bicyclic) bond motifs is 1. The topological polar surface area (TPSA) is 86.5 Å². The predicted octanol–water partition coefficient (Wildman–Crippen LogP) is 4.10. The number of hydrogen-bond donors (Lipinski definition) is 0. The molecule has 6 nitrogen and oxygen atoms in total. The first-order valence-corrected chi connectivity index (χ1v) is 8.93. The number of nitro benzene ring substituents is 1. The van der Waals surface area contributed by atoms with Crippen LogP contribution in [0.15, 0.2) is 70.5 Å². The smallest absolute Gasteiger partial charge is 0.273 e. The lowest BCUT2D eigenvalue weighted by molar-refractivity contribution is -0.385. The molecule has 25 heavy (non-hydrogen) atoms. The van der Waals surface area contributed by atoms with E-state index in [2.05, 4.69) is 6.58 Å². The van der Waals surface area contributed by atoms with E-state index in [1.54, 1.807) is 37.3 Å². The van der Waals surface area contributed by atoms with Gasteiger partial charge in [-0.25, -0.2) is 8.42 Å². The van der Waals surface area contributed by atoms with Gasteiger partial charge in [0.1, 0.15) is 10.7 Å². The zero-order valence-electron chi connectivity index (χ0n) is 13.4. The third-order valence-corrected chi connectivity index (χ3v) is 5.61. The van der Waals surface area contributed by atoms with Gasteiger partial charge >= 0.3 is 0 Å². The molecule has 0 atom stereocenters. The van der Waals surface area contributed by atoms with E-state index in [-0.39, 0.29) is 33.4 Å². The minimum atomic E-state index is -3.85. The van der Waals surface area contributed by atoms with Crippen LogP contribution in [0.2, 0.25) is 0 Å². The van der Waals surface area contributed by atoms with Crippen LogP contribution in [-0.2, 0) is 9.84 Å². The Labute approximate surface area is 145 Å². The van der Waals surface area contributed by atoms with Crippen molar-refractivity contribution < 1.29 is 18.1 Å². The third-order valence-electron chi connectivity index (χ3n) is 3.72. The standard InChI is InChI=1S/C18H15NO5S/c1-12(2)10-17-18(13-6-4-3-5-7-13)24-15-11-14(19(20)21)8-9-16(15)25(17,22)23/h3-9,11H,1,10H2,2H3. The van der Waals surface area contributed by atoms with Crippen LogP contribution in [0, 0.1) is 10.1 Å². The lowest BCUT2D eigenvalue weighted by atomic mass is 10.1. The second-order valence-corrected chi connectivity index (χ2v) is 7.69. The molecule has 0 N–H and O–H groups in total. The van der Waals surface area contributed by atoms with E-state index >= 15 is 0 Å². The summed E-state index contributed by atoms with van der Waals surface area (Å²) in [6, 6.07) is 12.3. The Morgan fingerprint density at radius 3 is 2.48 bits per heavy atom. The lowest BCUT2D eigenvalue weighted by Crippen LogP contribution is -2.17. The average molecular weight is 357 g/mol. The van der Waals surface area contributed by atoms with E-state index in [4.69, 9.17) is 4.74 Å². The predicted molar refractivity (Wildman–Crippen MR) is 93.7 cm³/mol. The van der Waals surface area contributed by atoms with Crippen molar-refractivity contribution in [3.8, 4) is 5.75 Å². The normalized spacial score (nSPS) is 15.2. The summed E-state index contributed by atoms with van der Waals surface area (Å²) >= 11 is 0. The summed E-state index contributed by atoms with van der Waals surface area (Å²) in [4.78, 5) is 10.4. The summed E-state index contributed by atoms with van der Waals surface area (Å²) in [6.45, 7) is 5.53. The largest absolute Gasteiger partial charge is 0.454 e. The summed E-state index contributed by atoms with van der Waals surface area (Å²) in [5, 5.41) is 11.0. The summed E-state index contributed by atoms with van der Waals surface area (Å²) in [7, 11) is -3.85. The molecule has 0 fully saturated rings. The van der Waals surface area contributed by atoms with Gasteiger partial charge < -0.3 is 4.74 Å².